The van der Waals surface area contributed by atoms with Crippen molar-refractivity contribution in [2.24, 2.45) is 5.73 Å². The van der Waals surface area contributed by atoms with Crippen LogP contribution in [0.2, 0.25) is 0 Å². The standard InChI is InChI=1S/C11H14N2O3S/c1-16-10(14)9(12)6-7-2-4-8(5-3-7)13-11(15)17/h2-5,9H,6,12H2,1H3,(H2,13,15,17)/t9-/m0/s1. The number of esters is 1. The lowest BCUT2D eigenvalue weighted by molar-refractivity contribution is -0.142. The van der Waals surface area contributed by atoms with Gasteiger partial charge in [-0.15, -0.1) is 0 Å². The van der Waals surface area contributed by atoms with Crippen LogP contribution in [0.4, 0.5) is 10.5 Å². The molecule has 0 saturated carbocycles. The van der Waals surface area contributed by atoms with Gasteiger partial charge in [-0.2, -0.15) is 0 Å². The number of hydrogen-bond acceptors (Lipinski definition) is 4. The predicted octanol–water partition coefficient (Wildman–Crippen LogP) is 1.19. The Bertz CT molecular complexity index is 406. The first kappa shape index (κ1) is 13.5. The second-order valence-corrected chi connectivity index (χ2v) is 3.87. The first-order valence-electron chi connectivity index (χ1n) is 4.95. The molecule has 3 N–H and O–H groups in total. The van der Waals surface area contributed by atoms with E-state index in [1.807, 2.05) is 0 Å². The van der Waals surface area contributed by atoms with E-state index >= 15 is 0 Å². The maximum Gasteiger partial charge on any atom is 0.322 e. The SMILES string of the molecule is COC(=O)[C@@H](N)Cc1ccc(NC(=O)S)cc1. The molecule has 0 heterocycles. The number of anilines is 1. The zero-order valence-electron chi connectivity index (χ0n) is 9.34. The summed E-state index contributed by atoms with van der Waals surface area (Å²) in [4.78, 5) is 21.8. The fourth-order valence-electron chi connectivity index (χ4n) is 1.34. The van der Waals surface area contributed by atoms with Crippen molar-refractivity contribution < 1.29 is 14.3 Å². The van der Waals surface area contributed by atoms with Gasteiger partial charge in [0.1, 0.15) is 6.04 Å². The molecular weight excluding hydrogens is 240 g/mol. The Kier molecular flexibility index (Phi) is 4.99. The number of carbonyl (C=O) groups excluding carboxylic acids is 2. The van der Waals surface area contributed by atoms with Gasteiger partial charge in [-0.1, -0.05) is 24.8 Å². The van der Waals surface area contributed by atoms with Crippen LogP contribution in [0.5, 0.6) is 0 Å². The van der Waals surface area contributed by atoms with E-state index in [9.17, 15) is 9.59 Å². The van der Waals surface area contributed by atoms with E-state index < -0.39 is 17.3 Å². The quantitative estimate of drug-likeness (QED) is 0.557. The normalized spacial score (nSPS) is 11.7. The predicted molar refractivity (Wildman–Crippen MR) is 68.1 cm³/mol. The molecule has 5 nitrogen and oxygen atoms in total. The van der Waals surface area contributed by atoms with Crippen molar-refractivity contribution in [3.63, 3.8) is 0 Å². The summed E-state index contributed by atoms with van der Waals surface area (Å²) in [6.07, 6.45) is 0.391. The zero-order valence-corrected chi connectivity index (χ0v) is 10.2. The van der Waals surface area contributed by atoms with Crippen molar-refractivity contribution in [3.8, 4) is 0 Å². The minimum Gasteiger partial charge on any atom is -0.468 e. The van der Waals surface area contributed by atoms with Gasteiger partial charge in [-0.25, -0.2) is 0 Å². The molecule has 92 valence electrons. The number of nitrogens with two attached hydrogens (primary N) is 1. The zero-order chi connectivity index (χ0) is 12.8. The van der Waals surface area contributed by atoms with Crippen molar-refractivity contribution in [3.05, 3.63) is 29.8 Å². The lowest BCUT2D eigenvalue weighted by Crippen LogP contribution is -2.33. The van der Waals surface area contributed by atoms with E-state index in [2.05, 4.69) is 22.7 Å². The Morgan fingerprint density at radius 3 is 2.47 bits per heavy atom. The fraction of sp³-hybridized carbons (Fsp3) is 0.273. The number of carbonyl (C=O) groups is 2. The Labute approximate surface area is 105 Å². The monoisotopic (exact) mass is 254 g/mol. The molecular formula is C11H14N2O3S. The summed E-state index contributed by atoms with van der Waals surface area (Å²) < 4.78 is 4.53. The van der Waals surface area contributed by atoms with Gasteiger partial charge in [0.2, 0.25) is 0 Å². The first-order chi connectivity index (χ1) is 8.02. The van der Waals surface area contributed by atoms with Crippen LogP contribution >= 0.6 is 12.6 Å². The number of thiol groups is 1. The van der Waals surface area contributed by atoms with Gasteiger partial charge in [-0.3, -0.25) is 9.59 Å². The van der Waals surface area contributed by atoms with Crippen LogP contribution in [-0.2, 0) is 16.0 Å². The third kappa shape index (κ3) is 4.46. The van der Waals surface area contributed by atoms with E-state index in [0.29, 0.717) is 12.1 Å². The lowest BCUT2D eigenvalue weighted by Gasteiger charge is -2.09. The summed E-state index contributed by atoms with van der Waals surface area (Å²) in [5.74, 6) is -0.447. The highest BCUT2D eigenvalue weighted by atomic mass is 32.1. The maximum atomic E-state index is 11.1. The minimum absolute atomic E-state index is 0.391. The molecule has 0 radical (unpaired) electrons. The third-order valence-electron chi connectivity index (χ3n) is 2.16. The van der Waals surface area contributed by atoms with Crippen LogP contribution < -0.4 is 11.1 Å². The number of benzene rings is 1. The summed E-state index contributed by atoms with van der Waals surface area (Å²) in [6, 6.07) is 6.32. The smallest absolute Gasteiger partial charge is 0.322 e. The number of amides is 1. The maximum absolute atomic E-state index is 11.1. The van der Waals surface area contributed by atoms with E-state index in [1.54, 1.807) is 24.3 Å². The van der Waals surface area contributed by atoms with Crippen LogP contribution in [-0.4, -0.2) is 24.4 Å². The molecule has 0 aromatic heterocycles. The summed E-state index contributed by atoms with van der Waals surface area (Å²) in [6.45, 7) is 0. The largest absolute Gasteiger partial charge is 0.468 e. The molecule has 0 unspecified atom stereocenters. The Hall–Kier alpha value is -1.53. The molecule has 1 amide bonds. The Morgan fingerprint density at radius 1 is 1.41 bits per heavy atom. The summed E-state index contributed by atoms with van der Waals surface area (Å²) in [5.41, 5.74) is 7.15. The van der Waals surface area contributed by atoms with Crippen LogP contribution in [0.15, 0.2) is 24.3 Å². The van der Waals surface area contributed by atoms with Gasteiger partial charge in [-0.05, 0) is 24.1 Å². The van der Waals surface area contributed by atoms with Gasteiger partial charge in [0, 0.05) is 5.69 Å². The molecule has 1 rings (SSSR count). The van der Waals surface area contributed by atoms with Gasteiger partial charge in [0.15, 0.2) is 0 Å². The average molecular weight is 254 g/mol. The second kappa shape index (κ2) is 6.27. The fourth-order valence-corrected chi connectivity index (χ4v) is 1.47. The molecule has 0 saturated heterocycles. The molecule has 17 heavy (non-hydrogen) atoms. The van der Waals surface area contributed by atoms with Gasteiger partial charge < -0.3 is 15.8 Å². The summed E-state index contributed by atoms with van der Waals surface area (Å²) in [7, 11) is 1.30. The molecule has 0 aliphatic heterocycles. The van der Waals surface area contributed by atoms with Gasteiger partial charge in [0.25, 0.3) is 5.24 Å². The molecule has 0 aliphatic rings. The molecule has 6 heteroatoms. The molecule has 1 atom stereocenters. The third-order valence-corrected chi connectivity index (χ3v) is 2.28. The highest BCUT2D eigenvalue weighted by molar-refractivity contribution is 7.96. The van der Waals surface area contributed by atoms with Crippen molar-refractivity contribution in [2.45, 2.75) is 12.5 Å². The first-order valence-corrected chi connectivity index (χ1v) is 5.40. The number of hydrogen-bond donors (Lipinski definition) is 3. The number of ether oxygens (including phenoxy) is 1. The molecule has 0 bridgehead atoms. The Morgan fingerprint density at radius 2 is 2.00 bits per heavy atom. The van der Waals surface area contributed by atoms with Crippen molar-refractivity contribution >= 4 is 29.5 Å². The van der Waals surface area contributed by atoms with E-state index in [0.717, 1.165) is 5.56 Å². The second-order valence-electron chi connectivity index (χ2n) is 3.46. The number of rotatable bonds is 4. The topological polar surface area (TPSA) is 81.4 Å². The number of methoxy groups -OCH3 is 1. The van der Waals surface area contributed by atoms with E-state index in [1.165, 1.54) is 7.11 Å². The minimum atomic E-state index is -0.676. The van der Waals surface area contributed by atoms with Crippen molar-refractivity contribution in [1.29, 1.82) is 0 Å². The summed E-state index contributed by atoms with van der Waals surface area (Å²) >= 11 is 3.60. The Balaban J connectivity index is 2.62. The lowest BCUT2D eigenvalue weighted by atomic mass is 10.1. The summed E-state index contributed by atoms with van der Waals surface area (Å²) in [5, 5.41) is 2.09. The van der Waals surface area contributed by atoms with Crippen LogP contribution in [0.25, 0.3) is 0 Å². The van der Waals surface area contributed by atoms with E-state index in [4.69, 9.17) is 5.73 Å². The molecule has 1 aromatic rings. The molecule has 0 fully saturated rings. The molecule has 0 aliphatic carbocycles. The highest BCUT2D eigenvalue weighted by Gasteiger charge is 2.13. The number of nitrogens with one attached hydrogen (secondary N) is 1. The van der Waals surface area contributed by atoms with Crippen molar-refractivity contribution in [2.75, 3.05) is 12.4 Å². The average Bonchev–Trinajstić information content (AvgIpc) is 2.30. The van der Waals surface area contributed by atoms with Gasteiger partial charge in [0.05, 0.1) is 7.11 Å². The van der Waals surface area contributed by atoms with E-state index in [-0.39, 0.29) is 0 Å². The molecule has 0 spiro atoms. The molecule has 1 aromatic carbocycles. The van der Waals surface area contributed by atoms with Gasteiger partial charge >= 0.3 is 5.97 Å². The van der Waals surface area contributed by atoms with Crippen LogP contribution in [0.1, 0.15) is 5.56 Å². The highest BCUT2D eigenvalue weighted by Crippen LogP contribution is 2.11. The van der Waals surface area contributed by atoms with Crippen LogP contribution in [0, 0.1) is 0 Å². The van der Waals surface area contributed by atoms with Crippen LogP contribution in [0.3, 0.4) is 0 Å². The van der Waals surface area contributed by atoms with Crippen molar-refractivity contribution in [1.82, 2.24) is 0 Å².